The van der Waals surface area contributed by atoms with Crippen LogP contribution in [-0.4, -0.2) is 15.8 Å². The zero-order valence-corrected chi connectivity index (χ0v) is 9.68. The van der Waals surface area contributed by atoms with Gasteiger partial charge in [-0.2, -0.15) is 0 Å². The first-order valence-corrected chi connectivity index (χ1v) is 6.15. The van der Waals surface area contributed by atoms with E-state index in [4.69, 9.17) is 34.8 Å². The molecule has 5 heteroatoms. The van der Waals surface area contributed by atoms with E-state index in [-0.39, 0.29) is 0 Å². The first-order chi connectivity index (χ1) is 6.15. The van der Waals surface area contributed by atoms with Gasteiger partial charge in [-0.15, -0.1) is 11.6 Å². The van der Waals surface area contributed by atoms with Gasteiger partial charge in [-0.1, -0.05) is 23.2 Å². The smallest absolute Gasteiger partial charge is 0.0589 e. The maximum absolute atomic E-state index is 11.5. The molecule has 0 unspecified atom stereocenters. The molecule has 0 radical (unpaired) electrons. The van der Waals surface area contributed by atoms with Gasteiger partial charge in [0.2, 0.25) is 0 Å². The Morgan fingerprint density at radius 2 is 2.00 bits per heavy atom. The average molecular weight is 258 g/mol. The first kappa shape index (κ1) is 11.3. The molecule has 0 saturated heterocycles. The summed E-state index contributed by atoms with van der Waals surface area (Å²) in [5, 5.41) is 0.996. The van der Waals surface area contributed by atoms with Crippen LogP contribution in [0.5, 0.6) is 0 Å². The first-order valence-electron chi connectivity index (χ1n) is 3.54. The Morgan fingerprint density at radius 3 is 2.62 bits per heavy atom. The molecule has 0 fully saturated rings. The summed E-state index contributed by atoms with van der Waals surface area (Å²) in [6.07, 6.45) is 0. The van der Waals surface area contributed by atoms with E-state index >= 15 is 0 Å². The zero-order valence-electron chi connectivity index (χ0n) is 6.60. The van der Waals surface area contributed by atoms with Gasteiger partial charge in [-0.05, 0) is 18.2 Å². The van der Waals surface area contributed by atoms with Gasteiger partial charge in [0.25, 0.3) is 0 Å². The number of hydrogen-bond acceptors (Lipinski definition) is 1. The van der Waals surface area contributed by atoms with Crippen LogP contribution in [0, 0.1) is 0 Å². The summed E-state index contributed by atoms with van der Waals surface area (Å²) in [4.78, 5) is 0.551. The molecule has 0 aliphatic carbocycles. The molecule has 13 heavy (non-hydrogen) atoms. The van der Waals surface area contributed by atoms with Crippen LogP contribution in [0.3, 0.4) is 0 Å². The Bertz CT molecular complexity index is 327. The van der Waals surface area contributed by atoms with Crippen molar-refractivity contribution in [2.24, 2.45) is 0 Å². The molecule has 72 valence electrons. The number of halogens is 3. The SMILES string of the molecule is O=[S@](CCCl)c1cc(Cl)ccc1Cl. The summed E-state index contributed by atoms with van der Waals surface area (Å²) < 4.78 is 11.5. The van der Waals surface area contributed by atoms with Crippen LogP contribution in [-0.2, 0) is 10.8 Å². The summed E-state index contributed by atoms with van der Waals surface area (Å²) in [5.41, 5.74) is 0. The second-order valence-corrected chi connectivity index (χ2v) is 5.07. The highest BCUT2D eigenvalue weighted by atomic mass is 35.5. The fraction of sp³-hybridized carbons (Fsp3) is 0.250. The normalized spacial score (nSPS) is 12.8. The lowest BCUT2D eigenvalue weighted by atomic mass is 10.4. The molecule has 1 rings (SSSR count). The zero-order chi connectivity index (χ0) is 9.84. The second-order valence-electron chi connectivity index (χ2n) is 2.31. The third-order valence-electron chi connectivity index (χ3n) is 1.40. The van der Waals surface area contributed by atoms with E-state index in [1.54, 1.807) is 18.2 Å². The van der Waals surface area contributed by atoms with Crippen LogP contribution in [0.15, 0.2) is 23.1 Å². The topological polar surface area (TPSA) is 17.1 Å². The minimum atomic E-state index is -1.15. The maximum Gasteiger partial charge on any atom is 0.0589 e. The van der Waals surface area contributed by atoms with Crippen LogP contribution in [0.25, 0.3) is 0 Å². The standard InChI is InChI=1S/C8H7Cl3OS/c9-3-4-13(12)8-5-6(10)1-2-7(8)11/h1-2,5H,3-4H2/t13-/m1/s1. The summed E-state index contributed by atoms with van der Waals surface area (Å²) >= 11 is 17.0. The van der Waals surface area contributed by atoms with Crippen LogP contribution in [0.2, 0.25) is 10.0 Å². The number of alkyl halides is 1. The van der Waals surface area contributed by atoms with E-state index in [2.05, 4.69) is 0 Å². The minimum absolute atomic E-state index is 0.343. The molecule has 0 bridgehead atoms. The van der Waals surface area contributed by atoms with Crippen molar-refractivity contribution in [3.8, 4) is 0 Å². The van der Waals surface area contributed by atoms with E-state index in [9.17, 15) is 4.21 Å². The molecule has 0 aliphatic rings. The Labute approximate surface area is 94.4 Å². The van der Waals surface area contributed by atoms with Crippen molar-refractivity contribution in [1.82, 2.24) is 0 Å². The molecule has 1 aromatic carbocycles. The summed E-state index contributed by atoms with van der Waals surface area (Å²) in [6.45, 7) is 0. The van der Waals surface area contributed by atoms with Gasteiger partial charge < -0.3 is 0 Å². The van der Waals surface area contributed by atoms with Crippen LogP contribution in [0.1, 0.15) is 0 Å². The quantitative estimate of drug-likeness (QED) is 0.759. The van der Waals surface area contributed by atoms with Gasteiger partial charge in [0.1, 0.15) is 0 Å². The number of rotatable bonds is 3. The molecule has 1 atom stereocenters. The third-order valence-corrected chi connectivity index (χ3v) is 3.89. The molecule has 0 aromatic heterocycles. The van der Waals surface area contributed by atoms with Crippen molar-refractivity contribution >= 4 is 45.6 Å². The van der Waals surface area contributed by atoms with Crippen molar-refractivity contribution in [2.45, 2.75) is 4.90 Å². The Morgan fingerprint density at radius 1 is 1.31 bits per heavy atom. The largest absolute Gasteiger partial charge is 0.254 e. The lowest BCUT2D eigenvalue weighted by Crippen LogP contribution is -1.99. The molecule has 1 aromatic rings. The van der Waals surface area contributed by atoms with Crippen LogP contribution in [0.4, 0.5) is 0 Å². The summed E-state index contributed by atoms with van der Waals surface area (Å²) in [6, 6.07) is 4.89. The number of hydrogen-bond donors (Lipinski definition) is 0. The molecule has 0 heterocycles. The lowest BCUT2D eigenvalue weighted by Gasteiger charge is -2.02. The molecule has 0 aliphatic heterocycles. The predicted octanol–water partition coefficient (Wildman–Crippen LogP) is 3.34. The van der Waals surface area contributed by atoms with Gasteiger partial charge >= 0.3 is 0 Å². The van der Waals surface area contributed by atoms with Crippen molar-refractivity contribution < 1.29 is 4.21 Å². The highest BCUT2D eigenvalue weighted by molar-refractivity contribution is 7.85. The minimum Gasteiger partial charge on any atom is -0.254 e. The third kappa shape index (κ3) is 3.13. The summed E-state index contributed by atoms with van der Waals surface area (Å²) in [5.74, 6) is 0.733. The number of benzene rings is 1. The van der Waals surface area contributed by atoms with Gasteiger partial charge in [0, 0.05) is 16.7 Å². The van der Waals surface area contributed by atoms with E-state index < -0.39 is 10.8 Å². The second kappa shape index (κ2) is 5.20. The van der Waals surface area contributed by atoms with Crippen LogP contribution >= 0.6 is 34.8 Å². The molecular weight excluding hydrogens is 251 g/mol. The van der Waals surface area contributed by atoms with E-state index in [1.807, 2.05) is 0 Å². The molecule has 1 nitrogen and oxygen atoms in total. The van der Waals surface area contributed by atoms with E-state index in [0.717, 1.165) is 0 Å². The Balaban J connectivity index is 2.99. The van der Waals surface area contributed by atoms with Crippen molar-refractivity contribution in [1.29, 1.82) is 0 Å². The van der Waals surface area contributed by atoms with E-state index in [1.165, 1.54) is 0 Å². The Kier molecular flexibility index (Phi) is 4.53. The average Bonchev–Trinajstić information content (AvgIpc) is 2.09. The highest BCUT2D eigenvalue weighted by Crippen LogP contribution is 2.23. The maximum atomic E-state index is 11.5. The van der Waals surface area contributed by atoms with Gasteiger partial charge in [0.05, 0.1) is 20.7 Å². The monoisotopic (exact) mass is 256 g/mol. The van der Waals surface area contributed by atoms with Crippen LogP contribution < -0.4 is 0 Å². The summed E-state index contributed by atoms with van der Waals surface area (Å²) in [7, 11) is -1.15. The van der Waals surface area contributed by atoms with E-state index in [0.29, 0.717) is 26.6 Å². The molecule has 0 N–H and O–H groups in total. The van der Waals surface area contributed by atoms with Gasteiger partial charge in [-0.3, -0.25) is 4.21 Å². The fourth-order valence-corrected chi connectivity index (χ4v) is 2.77. The molecule has 0 spiro atoms. The Hall–Kier alpha value is 0.240. The van der Waals surface area contributed by atoms with Crippen molar-refractivity contribution in [2.75, 3.05) is 11.6 Å². The van der Waals surface area contributed by atoms with Gasteiger partial charge in [0.15, 0.2) is 0 Å². The van der Waals surface area contributed by atoms with Crippen molar-refractivity contribution in [3.63, 3.8) is 0 Å². The molecular formula is C8H7Cl3OS. The van der Waals surface area contributed by atoms with Crippen molar-refractivity contribution in [3.05, 3.63) is 28.2 Å². The molecule has 0 amide bonds. The predicted molar refractivity (Wildman–Crippen MR) is 58.5 cm³/mol. The van der Waals surface area contributed by atoms with Gasteiger partial charge in [-0.25, -0.2) is 0 Å². The fourth-order valence-electron chi connectivity index (χ4n) is 0.832. The lowest BCUT2D eigenvalue weighted by molar-refractivity contribution is 0.684. The highest BCUT2D eigenvalue weighted by Gasteiger charge is 2.08. The molecule has 0 saturated carbocycles.